The standard InChI is InChI=1S/C10H10FN3S/c1-12-5-8-6-15-10(14-8)9-3-2-7(11)4-13-9/h2-4,6,12H,5H2,1H3. The predicted octanol–water partition coefficient (Wildman–Crippen LogP) is 2.06. The highest BCUT2D eigenvalue weighted by Gasteiger charge is 2.05. The van der Waals surface area contributed by atoms with E-state index in [0.29, 0.717) is 5.69 Å². The van der Waals surface area contributed by atoms with Gasteiger partial charge in [0.15, 0.2) is 0 Å². The summed E-state index contributed by atoms with van der Waals surface area (Å²) in [6.45, 7) is 0.734. The molecule has 0 amide bonds. The Labute approximate surface area is 91.0 Å². The average molecular weight is 223 g/mol. The molecule has 2 aromatic heterocycles. The number of hydrogen-bond acceptors (Lipinski definition) is 4. The number of aromatic nitrogens is 2. The molecule has 2 aromatic rings. The zero-order valence-electron chi connectivity index (χ0n) is 8.20. The second-order valence-electron chi connectivity index (χ2n) is 3.04. The van der Waals surface area contributed by atoms with Crippen LogP contribution < -0.4 is 5.32 Å². The van der Waals surface area contributed by atoms with Crippen molar-refractivity contribution < 1.29 is 4.39 Å². The fourth-order valence-corrected chi connectivity index (χ4v) is 1.98. The van der Waals surface area contributed by atoms with Gasteiger partial charge in [0.2, 0.25) is 0 Å². The first-order valence-electron chi connectivity index (χ1n) is 4.50. The molecule has 1 N–H and O–H groups in total. The van der Waals surface area contributed by atoms with Gasteiger partial charge in [-0.1, -0.05) is 0 Å². The molecule has 0 aromatic carbocycles. The quantitative estimate of drug-likeness (QED) is 0.865. The number of halogens is 1. The van der Waals surface area contributed by atoms with Crippen molar-refractivity contribution in [1.82, 2.24) is 15.3 Å². The average Bonchev–Trinajstić information content (AvgIpc) is 2.68. The number of nitrogens with one attached hydrogen (secondary N) is 1. The van der Waals surface area contributed by atoms with Crippen molar-refractivity contribution in [1.29, 1.82) is 0 Å². The molecule has 0 unspecified atom stereocenters. The van der Waals surface area contributed by atoms with Crippen LogP contribution in [-0.4, -0.2) is 17.0 Å². The normalized spacial score (nSPS) is 10.5. The molecule has 0 atom stereocenters. The van der Waals surface area contributed by atoms with E-state index in [4.69, 9.17) is 0 Å². The molecule has 0 saturated heterocycles. The molecule has 2 heterocycles. The largest absolute Gasteiger partial charge is 0.314 e. The first-order valence-corrected chi connectivity index (χ1v) is 5.38. The maximum atomic E-state index is 12.6. The maximum absolute atomic E-state index is 12.6. The monoisotopic (exact) mass is 223 g/mol. The minimum absolute atomic E-state index is 0.328. The highest BCUT2D eigenvalue weighted by Crippen LogP contribution is 2.21. The molecule has 0 bridgehead atoms. The summed E-state index contributed by atoms with van der Waals surface area (Å²) in [5.41, 5.74) is 1.69. The second-order valence-corrected chi connectivity index (χ2v) is 3.89. The Morgan fingerprint density at radius 3 is 3.00 bits per heavy atom. The molecule has 0 aliphatic carbocycles. The first kappa shape index (κ1) is 10.2. The van der Waals surface area contributed by atoms with Gasteiger partial charge in [0, 0.05) is 11.9 Å². The van der Waals surface area contributed by atoms with Crippen molar-refractivity contribution in [2.75, 3.05) is 7.05 Å². The van der Waals surface area contributed by atoms with E-state index < -0.39 is 0 Å². The Bertz CT molecular complexity index is 438. The van der Waals surface area contributed by atoms with E-state index >= 15 is 0 Å². The van der Waals surface area contributed by atoms with Crippen LogP contribution in [0.3, 0.4) is 0 Å². The highest BCUT2D eigenvalue weighted by atomic mass is 32.1. The fraction of sp³-hybridized carbons (Fsp3) is 0.200. The third-order valence-corrected chi connectivity index (χ3v) is 2.77. The van der Waals surface area contributed by atoms with Gasteiger partial charge in [-0.15, -0.1) is 11.3 Å². The van der Waals surface area contributed by atoms with Crippen LogP contribution in [0.1, 0.15) is 5.69 Å². The van der Waals surface area contributed by atoms with Crippen molar-refractivity contribution in [3.8, 4) is 10.7 Å². The fourth-order valence-electron chi connectivity index (χ4n) is 1.19. The molecule has 3 nitrogen and oxygen atoms in total. The summed E-state index contributed by atoms with van der Waals surface area (Å²) >= 11 is 1.51. The van der Waals surface area contributed by atoms with Gasteiger partial charge in [0.05, 0.1) is 17.6 Å². The molecule has 0 saturated carbocycles. The SMILES string of the molecule is CNCc1csc(-c2ccc(F)cn2)n1. The van der Waals surface area contributed by atoms with Gasteiger partial charge in [-0.2, -0.15) is 0 Å². The molecular weight excluding hydrogens is 213 g/mol. The summed E-state index contributed by atoms with van der Waals surface area (Å²) < 4.78 is 12.6. The number of nitrogens with zero attached hydrogens (tertiary/aromatic N) is 2. The minimum atomic E-state index is -0.328. The third kappa shape index (κ3) is 2.37. The van der Waals surface area contributed by atoms with E-state index in [1.807, 2.05) is 12.4 Å². The van der Waals surface area contributed by atoms with Crippen LogP contribution in [-0.2, 0) is 6.54 Å². The molecule has 2 rings (SSSR count). The van der Waals surface area contributed by atoms with Gasteiger partial charge >= 0.3 is 0 Å². The lowest BCUT2D eigenvalue weighted by molar-refractivity contribution is 0.622. The van der Waals surface area contributed by atoms with Crippen LogP contribution in [0.5, 0.6) is 0 Å². The van der Waals surface area contributed by atoms with E-state index in [1.165, 1.54) is 23.6 Å². The molecule has 0 spiro atoms. The summed E-state index contributed by atoms with van der Waals surface area (Å²) in [6, 6.07) is 3.03. The van der Waals surface area contributed by atoms with Crippen molar-refractivity contribution in [3.63, 3.8) is 0 Å². The molecule has 0 fully saturated rings. The van der Waals surface area contributed by atoms with Crippen molar-refractivity contribution in [3.05, 3.63) is 35.2 Å². The summed E-state index contributed by atoms with van der Waals surface area (Å²) in [7, 11) is 1.87. The lowest BCUT2D eigenvalue weighted by Crippen LogP contribution is -2.04. The zero-order valence-corrected chi connectivity index (χ0v) is 9.01. The van der Waals surface area contributed by atoms with Gasteiger partial charge < -0.3 is 5.32 Å². The van der Waals surface area contributed by atoms with Crippen LogP contribution in [0.15, 0.2) is 23.7 Å². The minimum Gasteiger partial charge on any atom is -0.314 e. The van der Waals surface area contributed by atoms with Crippen molar-refractivity contribution >= 4 is 11.3 Å². The van der Waals surface area contributed by atoms with Crippen LogP contribution in [0.25, 0.3) is 10.7 Å². The molecule has 0 radical (unpaired) electrons. The smallest absolute Gasteiger partial charge is 0.142 e. The molecule has 15 heavy (non-hydrogen) atoms. The van der Waals surface area contributed by atoms with Gasteiger partial charge in [-0.05, 0) is 19.2 Å². The third-order valence-electron chi connectivity index (χ3n) is 1.86. The van der Waals surface area contributed by atoms with E-state index in [-0.39, 0.29) is 5.82 Å². The number of hydrogen-bond donors (Lipinski definition) is 1. The lowest BCUT2D eigenvalue weighted by Gasteiger charge is -1.94. The first-order chi connectivity index (χ1) is 7.29. The van der Waals surface area contributed by atoms with Gasteiger partial charge in [-0.3, -0.25) is 4.98 Å². The molecule has 78 valence electrons. The van der Waals surface area contributed by atoms with E-state index in [2.05, 4.69) is 15.3 Å². The van der Waals surface area contributed by atoms with Gasteiger partial charge in [-0.25, -0.2) is 9.37 Å². The van der Waals surface area contributed by atoms with E-state index in [0.717, 1.165) is 17.2 Å². The molecule has 0 aliphatic rings. The summed E-state index contributed by atoms with van der Waals surface area (Å²) in [5.74, 6) is -0.328. The zero-order chi connectivity index (χ0) is 10.7. The highest BCUT2D eigenvalue weighted by molar-refractivity contribution is 7.13. The van der Waals surface area contributed by atoms with Crippen LogP contribution >= 0.6 is 11.3 Å². The Balaban J connectivity index is 2.25. The van der Waals surface area contributed by atoms with Crippen LogP contribution in [0.2, 0.25) is 0 Å². The predicted molar refractivity (Wildman–Crippen MR) is 58.1 cm³/mol. The van der Waals surface area contributed by atoms with E-state index in [9.17, 15) is 4.39 Å². The summed E-state index contributed by atoms with van der Waals surface area (Å²) in [6.07, 6.45) is 1.20. The lowest BCUT2D eigenvalue weighted by atomic mass is 10.3. The van der Waals surface area contributed by atoms with E-state index in [1.54, 1.807) is 6.07 Å². The summed E-state index contributed by atoms with van der Waals surface area (Å²) in [4.78, 5) is 8.35. The number of thiazole rings is 1. The Morgan fingerprint density at radius 2 is 2.33 bits per heavy atom. The Morgan fingerprint density at radius 1 is 1.47 bits per heavy atom. The molecule has 0 aliphatic heterocycles. The Kier molecular flexibility index (Phi) is 3.03. The summed E-state index contributed by atoms with van der Waals surface area (Å²) in [5, 5.41) is 5.81. The molecule has 5 heteroatoms. The van der Waals surface area contributed by atoms with Crippen LogP contribution in [0, 0.1) is 5.82 Å². The molecular formula is C10H10FN3S. The topological polar surface area (TPSA) is 37.8 Å². The van der Waals surface area contributed by atoms with Gasteiger partial charge in [0.25, 0.3) is 0 Å². The second kappa shape index (κ2) is 4.46. The van der Waals surface area contributed by atoms with Crippen molar-refractivity contribution in [2.45, 2.75) is 6.54 Å². The maximum Gasteiger partial charge on any atom is 0.142 e. The Hall–Kier alpha value is -1.33. The number of pyridine rings is 1. The number of rotatable bonds is 3. The van der Waals surface area contributed by atoms with Gasteiger partial charge in [0.1, 0.15) is 10.8 Å². The van der Waals surface area contributed by atoms with Crippen LogP contribution in [0.4, 0.5) is 4.39 Å². The van der Waals surface area contributed by atoms with Crippen molar-refractivity contribution in [2.24, 2.45) is 0 Å².